The molecule has 2 rings (SSSR count). The summed E-state index contributed by atoms with van der Waals surface area (Å²) >= 11 is 0. The van der Waals surface area contributed by atoms with Crippen molar-refractivity contribution < 1.29 is 14.3 Å². The van der Waals surface area contributed by atoms with Crippen molar-refractivity contribution in [2.75, 3.05) is 0 Å². The zero-order valence-electron chi connectivity index (χ0n) is 7.41. The summed E-state index contributed by atoms with van der Waals surface area (Å²) in [7, 11) is 1.72. The second kappa shape index (κ2) is 3.46. The van der Waals surface area contributed by atoms with Gasteiger partial charge in [-0.3, -0.25) is 4.68 Å². The predicted molar refractivity (Wildman–Crippen MR) is 43.5 cm³/mol. The molecule has 0 aliphatic heterocycles. The van der Waals surface area contributed by atoms with Gasteiger partial charge in [0.2, 0.25) is 0 Å². The summed E-state index contributed by atoms with van der Waals surface area (Å²) < 4.78 is 11.4. The lowest BCUT2D eigenvalue weighted by Gasteiger charge is -1.91. The van der Waals surface area contributed by atoms with Crippen molar-refractivity contribution in [2.24, 2.45) is 7.05 Å². The lowest BCUT2D eigenvalue weighted by atomic mass is 10.5. The van der Waals surface area contributed by atoms with Crippen molar-refractivity contribution >= 4 is 0 Å². The topological polar surface area (TPSA) is 86.2 Å². The summed E-state index contributed by atoms with van der Waals surface area (Å²) in [4.78, 5) is 7.62. The first-order valence-corrected chi connectivity index (χ1v) is 3.86. The maximum Gasteiger partial charge on any atom is 0.401 e. The number of aryl methyl sites for hydroxylation is 1. The summed E-state index contributed by atoms with van der Waals surface area (Å²) in [6, 6.07) is 0.152. The second-order valence-electron chi connectivity index (χ2n) is 2.57. The van der Waals surface area contributed by atoms with E-state index in [1.54, 1.807) is 7.05 Å². The molecule has 0 saturated carbocycles. The largest absolute Gasteiger partial charge is 0.417 e. The summed E-state index contributed by atoms with van der Waals surface area (Å²) in [5.74, 6) is 0. The van der Waals surface area contributed by atoms with Crippen LogP contribution in [0.15, 0.2) is 17.0 Å². The molecule has 0 radical (unpaired) electrons. The molecule has 0 aliphatic carbocycles. The Labute approximate surface area is 79.0 Å². The fourth-order valence-electron chi connectivity index (χ4n) is 0.852. The molecule has 2 aromatic heterocycles. The van der Waals surface area contributed by atoms with Crippen LogP contribution in [0.1, 0.15) is 5.69 Å². The van der Waals surface area contributed by atoms with Crippen molar-refractivity contribution in [1.82, 2.24) is 19.7 Å². The molecule has 7 nitrogen and oxygen atoms in total. The van der Waals surface area contributed by atoms with Crippen LogP contribution in [-0.2, 0) is 13.7 Å². The minimum Gasteiger partial charge on any atom is -0.417 e. The van der Waals surface area contributed by atoms with Crippen LogP contribution in [0.4, 0.5) is 0 Å². The molecular weight excluding hydrogens is 188 g/mol. The lowest BCUT2D eigenvalue weighted by molar-refractivity contribution is 0.276. The van der Waals surface area contributed by atoms with E-state index in [0.29, 0.717) is 5.69 Å². The molecule has 0 spiro atoms. The number of hydrogen-bond acceptors (Lipinski definition) is 6. The van der Waals surface area contributed by atoms with E-state index in [1.807, 2.05) is 0 Å². The minimum absolute atomic E-state index is 0.0141. The number of aliphatic hydroxyl groups is 1. The van der Waals surface area contributed by atoms with Gasteiger partial charge in [-0.1, -0.05) is 0 Å². The van der Waals surface area contributed by atoms with E-state index >= 15 is 0 Å². The normalized spacial score (nSPS) is 10.4. The Kier molecular flexibility index (Phi) is 2.15. The fourth-order valence-corrected chi connectivity index (χ4v) is 0.852. The van der Waals surface area contributed by atoms with E-state index < -0.39 is 0 Å². The van der Waals surface area contributed by atoms with Crippen molar-refractivity contribution in [3.05, 3.63) is 18.3 Å². The van der Waals surface area contributed by atoms with Gasteiger partial charge in [0.05, 0.1) is 6.61 Å². The second-order valence-corrected chi connectivity index (χ2v) is 2.57. The molecule has 0 aliphatic rings. The molecule has 7 heteroatoms. The SMILES string of the molecule is Cn1cnc(Oc2nc(CO)co2)n1. The molecule has 1 N–H and O–H groups in total. The maximum atomic E-state index is 8.71. The third kappa shape index (κ3) is 1.72. The third-order valence-electron chi connectivity index (χ3n) is 1.45. The summed E-state index contributed by atoms with van der Waals surface area (Å²) in [6.45, 7) is -0.192. The Morgan fingerprint density at radius 1 is 1.64 bits per heavy atom. The Morgan fingerprint density at radius 2 is 2.50 bits per heavy atom. The van der Waals surface area contributed by atoms with E-state index in [9.17, 15) is 0 Å². The molecule has 0 aromatic carbocycles. The molecule has 2 heterocycles. The zero-order chi connectivity index (χ0) is 9.97. The highest BCUT2D eigenvalue weighted by Crippen LogP contribution is 2.15. The van der Waals surface area contributed by atoms with Crippen molar-refractivity contribution in [3.8, 4) is 12.1 Å². The van der Waals surface area contributed by atoms with E-state index in [4.69, 9.17) is 14.3 Å². The number of nitrogens with zero attached hydrogens (tertiary/aromatic N) is 4. The predicted octanol–water partition coefficient (Wildman–Crippen LogP) is 0.0877. The quantitative estimate of drug-likeness (QED) is 0.748. The molecular formula is C7H8N4O3. The average molecular weight is 196 g/mol. The van der Waals surface area contributed by atoms with Crippen LogP contribution >= 0.6 is 0 Å². The van der Waals surface area contributed by atoms with Crippen LogP contribution in [0.3, 0.4) is 0 Å². The monoisotopic (exact) mass is 196 g/mol. The van der Waals surface area contributed by atoms with Gasteiger partial charge in [-0.25, -0.2) is 0 Å². The van der Waals surface area contributed by atoms with E-state index in [1.165, 1.54) is 17.3 Å². The number of aromatic nitrogens is 4. The van der Waals surface area contributed by atoms with Crippen molar-refractivity contribution in [3.63, 3.8) is 0 Å². The highest BCUT2D eigenvalue weighted by atomic mass is 16.6. The van der Waals surface area contributed by atoms with Gasteiger partial charge in [-0.2, -0.15) is 9.97 Å². The van der Waals surface area contributed by atoms with Gasteiger partial charge < -0.3 is 14.3 Å². The highest BCUT2D eigenvalue weighted by Gasteiger charge is 2.07. The van der Waals surface area contributed by atoms with Crippen molar-refractivity contribution in [2.45, 2.75) is 6.61 Å². The Hall–Kier alpha value is -1.89. The molecule has 0 amide bonds. The fraction of sp³-hybridized carbons (Fsp3) is 0.286. The standard InChI is InChI=1S/C7H8N4O3/c1-11-4-8-6(10-11)14-7-9-5(2-12)3-13-7/h3-4,12H,2H2,1H3. The molecule has 0 atom stereocenters. The molecule has 2 aromatic rings. The van der Waals surface area contributed by atoms with Crippen LogP contribution < -0.4 is 4.74 Å². The molecule has 74 valence electrons. The van der Waals surface area contributed by atoms with Gasteiger partial charge in [0, 0.05) is 7.05 Å². The van der Waals surface area contributed by atoms with Crippen LogP contribution in [-0.4, -0.2) is 24.9 Å². The molecule has 0 fully saturated rings. The zero-order valence-corrected chi connectivity index (χ0v) is 7.41. The maximum absolute atomic E-state index is 8.71. The number of hydrogen-bond donors (Lipinski definition) is 1. The number of oxazole rings is 1. The van der Waals surface area contributed by atoms with Gasteiger partial charge in [0.15, 0.2) is 0 Å². The first-order chi connectivity index (χ1) is 6.78. The highest BCUT2D eigenvalue weighted by molar-refractivity contribution is 5.03. The third-order valence-corrected chi connectivity index (χ3v) is 1.45. The summed E-state index contributed by atoms with van der Waals surface area (Å²) in [6.07, 6.45) is 2.81. The number of ether oxygens (including phenoxy) is 1. The summed E-state index contributed by atoms with van der Waals surface area (Å²) in [5.41, 5.74) is 0.399. The smallest absolute Gasteiger partial charge is 0.401 e. The lowest BCUT2D eigenvalue weighted by Crippen LogP contribution is -1.90. The van der Waals surface area contributed by atoms with E-state index in [2.05, 4.69) is 15.1 Å². The molecule has 0 bridgehead atoms. The number of aliphatic hydroxyl groups excluding tert-OH is 1. The van der Waals surface area contributed by atoms with Gasteiger partial charge >= 0.3 is 12.1 Å². The van der Waals surface area contributed by atoms with Crippen molar-refractivity contribution in [1.29, 1.82) is 0 Å². The Balaban J connectivity index is 2.10. The van der Waals surface area contributed by atoms with Crippen LogP contribution in [0.2, 0.25) is 0 Å². The molecule has 14 heavy (non-hydrogen) atoms. The van der Waals surface area contributed by atoms with E-state index in [-0.39, 0.29) is 18.7 Å². The number of rotatable bonds is 3. The van der Waals surface area contributed by atoms with Crippen LogP contribution in [0.5, 0.6) is 12.1 Å². The van der Waals surface area contributed by atoms with E-state index in [0.717, 1.165) is 0 Å². The van der Waals surface area contributed by atoms with Crippen LogP contribution in [0.25, 0.3) is 0 Å². The van der Waals surface area contributed by atoms with Crippen LogP contribution in [0, 0.1) is 0 Å². The Bertz CT molecular complexity index is 422. The first kappa shape index (κ1) is 8.70. The molecule has 0 unspecified atom stereocenters. The Morgan fingerprint density at radius 3 is 3.07 bits per heavy atom. The first-order valence-electron chi connectivity index (χ1n) is 3.86. The minimum atomic E-state index is -0.192. The molecule has 0 saturated heterocycles. The van der Waals surface area contributed by atoms with Gasteiger partial charge in [0.25, 0.3) is 0 Å². The van der Waals surface area contributed by atoms with Gasteiger partial charge in [-0.05, 0) is 0 Å². The van der Waals surface area contributed by atoms with Gasteiger partial charge in [-0.15, -0.1) is 5.10 Å². The summed E-state index contributed by atoms with van der Waals surface area (Å²) in [5, 5.41) is 12.6. The average Bonchev–Trinajstić information content (AvgIpc) is 2.76. The van der Waals surface area contributed by atoms with Gasteiger partial charge in [0.1, 0.15) is 18.3 Å².